The fraction of sp³-hybridized carbons (Fsp3) is 0.929. The lowest BCUT2D eigenvalue weighted by atomic mass is 10.1. The van der Waals surface area contributed by atoms with E-state index in [-0.39, 0.29) is 29.7 Å². The van der Waals surface area contributed by atoms with Gasteiger partial charge in [0, 0.05) is 44.2 Å². The van der Waals surface area contributed by atoms with Crippen LogP contribution < -0.4 is 10.0 Å². The highest BCUT2D eigenvalue weighted by molar-refractivity contribution is 14.0. The molecular weight excluding hydrogens is 447 g/mol. The first-order chi connectivity index (χ1) is 10.4. The van der Waals surface area contributed by atoms with E-state index in [1.807, 2.05) is 11.8 Å². The van der Waals surface area contributed by atoms with Gasteiger partial charge in [0.1, 0.15) is 0 Å². The van der Waals surface area contributed by atoms with Gasteiger partial charge in [-0.1, -0.05) is 13.8 Å². The zero-order valence-electron chi connectivity index (χ0n) is 14.5. The smallest absolute Gasteiger partial charge is 0.211 e. The molecule has 1 aliphatic heterocycles. The molecule has 1 heterocycles. The van der Waals surface area contributed by atoms with E-state index in [0.717, 1.165) is 37.8 Å². The summed E-state index contributed by atoms with van der Waals surface area (Å²) in [5.74, 6) is 2.84. The third-order valence-electron chi connectivity index (χ3n) is 3.69. The van der Waals surface area contributed by atoms with Crippen LogP contribution in [0.5, 0.6) is 0 Å². The number of thioether (sulfide) groups is 1. The summed E-state index contributed by atoms with van der Waals surface area (Å²) in [7, 11) is -1.28. The van der Waals surface area contributed by atoms with Crippen molar-refractivity contribution in [2.75, 3.05) is 44.7 Å². The molecule has 2 N–H and O–H groups in total. The van der Waals surface area contributed by atoms with Crippen molar-refractivity contribution in [1.29, 1.82) is 0 Å². The van der Waals surface area contributed by atoms with E-state index < -0.39 is 10.0 Å². The van der Waals surface area contributed by atoms with Crippen molar-refractivity contribution in [3.05, 3.63) is 0 Å². The first kappa shape index (κ1) is 23.3. The highest BCUT2D eigenvalue weighted by Crippen LogP contribution is 2.24. The fourth-order valence-electron chi connectivity index (χ4n) is 2.22. The Balaban J connectivity index is 0.00000484. The average Bonchev–Trinajstić information content (AvgIpc) is 2.51. The van der Waals surface area contributed by atoms with Crippen LogP contribution in [0.15, 0.2) is 4.99 Å². The summed E-state index contributed by atoms with van der Waals surface area (Å²) < 4.78 is 25.2. The van der Waals surface area contributed by atoms with Gasteiger partial charge in [0.25, 0.3) is 0 Å². The Bertz CT molecular complexity index is 458. The monoisotopic (exact) mass is 478 g/mol. The molecule has 1 atom stereocenters. The second-order valence-corrected chi connectivity index (χ2v) is 9.17. The Kier molecular flexibility index (Phi) is 11.9. The number of nitrogens with one attached hydrogen (secondary N) is 2. The third kappa shape index (κ3) is 8.78. The molecule has 0 saturated carbocycles. The number of hydrogen-bond donors (Lipinski definition) is 2. The minimum atomic E-state index is -3.08. The zero-order valence-corrected chi connectivity index (χ0v) is 18.5. The van der Waals surface area contributed by atoms with Crippen molar-refractivity contribution in [3.63, 3.8) is 0 Å². The molecule has 23 heavy (non-hydrogen) atoms. The van der Waals surface area contributed by atoms with E-state index in [1.165, 1.54) is 0 Å². The lowest BCUT2D eigenvalue weighted by molar-refractivity contribution is 0.380. The largest absolute Gasteiger partial charge is 0.356 e. The topological polar surface area (TPSA) is 73.8 Å². The van der Waals surface area contributed by atoms with Gasteiger partial charge in [0.15, 0.2) is 5.96 Å². The van der Waals surface area contributed by atoms with Crippen LogP contribution in [0, 0.1) is 5.92 Å². The molecule has 0 spiro atoms. The Morgan fingerprint density at radius 1 is 1.39 bits per heavy atom. The predicted molar refractivity (Wildman–Crippen MR) is 112 cm³/mol. The number of hydrogen-bond acceptors (Lipinski definition) is 4. The summed E-state index contributed by atoms with van der Waals surface area (Å²) in [4.78, 5) is 6.65. The van der Waals surface area contributed by atoms with Crippen molar-refractivity contribution >= 4 is 51.7 Å². The van der Waals surface area contributed by atoms with Crippen LogP contribution in [0.3, 0.4) is 0 Å². The second-order valence-electron chi connectivity index (χ2n) is 5.72. The first-order valence-corrected chi connectivity index (χ1v) is 10.6. The maximum Gasteiger partial charge on any atom is 0.211 e. The van der Waals surface area contributed by atoms with Crippen LogP contribution in [0.1, 0.15) is 27.2 Å². The van der Waals surface area contributed by atoms with Gasteiger partial charge in [0.05, 0.1) is 5.75 Å². The van der Waals surface area contributed by atoms with E-state index in [0.29, 0.717) is 17.7 Å². The molecule has 1 rings (SSSR count). The molecule has 0 aromatic carbocycles. The molecule has 1 saturated heterocycles. The summed E-state index contributed by atoms with van der Waals surface area (Å²) >= 11 is 2.04. The maximum atomic E-state index is 11.3. The van der Waals surface area contributed by atoms with Crippen LogP contribution in [-0.4, -0.2) is 69.3 Å². The Labute approximate surface area is 162 Å². The van der Waals surface area contributed by atoms with Gasteiger partial charge in [-0.25, -0.2) is 13.1 Å². The molecule has 1 aliphatic rings. The lowest BCUT2D eigenvalue weighted by Crippen LogP contribution is -2.49. The van der Waals surface area contributed by atoms with E-state index in [2.05, 4.69) is 33.8 Å². The summed E-state index contributed by atoms with van der Waals surface area (Å²) in [6.45, 7) is 9.37. The highest BCUT2D eigenvalue weighted by Gasteiger charge is 2.24. The van der Waals surface area contributed by atoms with Crippen molar-refractivity contribution in [3.8, 4) is 0 Å². The zero-order chi connectivity index (χ0) is 16.6. The third-order valence-corrected chi connectivity index (χ3v) is 6.63. The number of sulfonamides is 1. The predicted octanol–water partition coefficient (Wildman–Crippen LogP) is 1.58. The molecule has 9 heteroatoms. The lowest BCUT2D eigenvalue weighted by Gasteiger charge is -2.36. The van der Waals surface area contributed by atoms with E-state index in [1.54, 1.807) is 14.0 Å². The van der Waals surface area contributed by atoms with E-state index in [9.17, 15) is 8.42 Å². The summed E-state index contributed by atoms with van der Waals surface area (Å²) in [5.41, 5.74) is 0. The number of rotatable bonds is 7. The van der Waals surface area contributed by atoms with Crippen molar-refractivity contribution in [1.82, 2.24) is 14.9 Å². The first-order valence-electron chi connectivity index (χ1n) is 7.94. The number of halogens is 1. The van der Waals surface area contributed by atoms with Crippen molar-refractivity contribution < 1.29 is 8.42 Å². The van der Waals surface area contributed by atoms with Gasteiger partial charge >= 0.3 is 0 Å². The SMILES string of the molecule is CCS(=O)(=O)NCCCNC(=NC)N1CCSC(C(C)C)C1.I. The molecule has 0 aliphatic carbocycles. The molecule has 0 bridgehead atoms. The quantitative estimate of drug-likeness (QED) is 0.252. The van der Waals surface area contributed by atoms with Crippen LogP contribution >= 0.6 is 35.7 Å². The summed E-state index contributed by atoms with van der Waals surface area (Å²) in [6.07, 6.45) is 0.744. The number of nitrogens with zero attached hydrogens (tertiary/aromatic N) is 2. The van der Waals surface area contributed by atoms with Crippen molar-refractivity contribution in [2.24, 2.45) is 10.9 Å². The maximum absolute atomic E-state index is 11.3. The molecule has 0 amide bonds. The van der Waals surface area contributed by atoms with Crippen LogP contribution in [0.2, 0.25) is 0 Å². The normalized spacial score (nSPS) is 19.6. The second kappa shape index (κ2) is 11.8. The standard InChI is InChI=1S/C14H30N4O2S2.HI/c1-5-22(19,20)17-8-6-7-16-14(15-4)18-9-10-21-13(11-18)12(2)3;/h12-13,17H,5-11H2,1-4H3,(H,15,16);1H. The van der Waals surface area contributed by atoms with Gasteiger partial charge in [-0.3, -0.25) is 4.99 Å². The molecule has 0 aromatic rings. The van der Waals surface area contributed by atoms with Gasteiger partial charge in [-0.15, -0.1) is 24.0 Å². The van der Waals surface area contributed by atoms with Crippen LogP contribution in [0.4, 0.5) is 0 Å². The molecule has 6 nitrogen and oxygen atoms in total. The molecular formula is C14H31IN4O2S2. The Morgan fingerprint density at radius 2 is 2.09 bits per heavy atom. The Morgan fingerprint density at radius 3 is 2.65 bits per heavy atom. The van der Waals surface area contributed by atoms with E-state index in [4.69, 9.17) is 0 Å². The number of guanidine groups is 1. The van der Waals surface area contributed by atoms with Gasteiger partial charge in [-0.05, 0) is 19.3 Å². The van der Waals surface area contributed by atoms with Crippen molar-refractivity contribution in [2.45, 2.75) is 32.4 Å². The average molecular weight is 478 g/mol. The van der Waals surface area contributed by atoms with Gasteiger partial charge < -0.3 is 10.2 Å². The highest BCUT2D eigenvalue weighted by atomic mass is 127. The molecule has 0 radical (unpaired) electrons. The molecule has 1 fully saturated rings. The summed E-state index contributed by atoms with van der Waals surface area (Å²) in [5, 5.41) is 3.98. The minimum absolute atomic E-state index is 0. The molecule has 0 aromatic heterocycles. The number of aliphatic imine (C=N–C) groups is 1. The fourth-order valence-corrected chi connectivity index (χ4v) is 4.18. The van der Waals surface area contributed by atoms with E-state index >= 15 is 0 Å². The van der Waals surface area contributed by atoms with Gasteiger partial charge in [0.2, 0.25) is 10.0 Å². The van der Waals surface area contributed by atoms with Gasteiger partial charge in [-0.2, -0.15) is 11.8 Å². The minimum Gasteiger partial charge on any atom is -0.356 e. The Hall–Kier alpha value is 0.260. The van der Waals surface area contributed by atoms with Crippen LogP contribution in [-0.2, 0) is 10.0 Å². The summed E-state index contributed by atoms with van der Waals surface area (Å²) in [6, 6.07) is 0. The van der Waals surface area contributed by atoms with Crippen LogP contribution in [0.25, 0.3) is 0 Å². The molecule has 1 unspecified atom stereocenters. The molecule has 138 valence electrons.